The molecular formula is C12H20N4. The number of aromatic nitrogens is 2. The van der Waals surface area contributed by atoms with E-state index >= 15 is 0 Å². The molecule has 1 N–H and O–H groups in total. The van der Waals surface area contributed by atoms with Crippen LogP contribution in [0.1, 0.15) is 38.1 Å². The van der Waals surface area contributed by atoms with Gasteiger partial charge in [-0.05, 0) is 38.7 Å². The maximum atomic E-state index is 4.25. The van der Waals surface area contributed by atoms with E-state index in [1.807, 2.05) is 26.1 Å². The Morgan fingerprint density at radius 1 is 1.25 bits per heavy atom. The van der Waals surface area contributed by atoms with Gasteiger partial charge in [0.25, 0.3) is 0 Å². The zero-order chi connectivity index (χ0) is 12.0. The first kappa shape index (κ1) is 12.6. The summed E-state index contributed by atoms with van der Waals surface area (Å²) in [6.45, 7) is 8.22. The summed E-state index contributed by atoms with van der Waals surface area (Å²) in [6, 6.07) is 1.94. The molecule has 1 rings (SSSR count). The van der Waals surface area contributed by atoms with Gasteiger partial charge in [0.15, 0.2) is 0 Å². The largest absolute Gasteiger partial charge is 0.245 e. The molecule has 1 aromatic heterocycles. The third-order valence-corrected chi connectivity index (χ3v) is 2.48. The van der Waals surface area contributed by atoms with E-state index in [0.717, 1.165) is 24.2 Å². The summed E-state index contributed by atoms with van der Waals surface area (Å²) >= 11 is 0. The van der Waals surface area contributed by atoms with Crippen molar-refractivity contribution in [1.29, 1.82) is 0 Å². The van der Waals surface area contributed by atoms with Crippen LogP contribution in [0.3, 0.4) is 0 Å². The molecule has 0 atom stereocenters. The van der Waals surface area contributed by atoms with Crippen LogP contribution in [0.4, 0.5) is 5.95 Å². The third-order valence-electron chi connectivity index (χ3n) is 2.48. The van der Waals surface area contributed by atoms with Crippen molar-refractivity contribution < 1.29 is 0 Å². The summed E-state index contributed by atoms with van der Waals surface area (Å²) in [7, 11) is 0. The Morgan fingerprint density at radius 2 is 1.81 bits per heavy atom. The molecule has 0 saturated carbocycles. The monoisotopic (exact) mass is 220 g/mol. The van der Waals surface area contributed by atoms with E-state index in [4.69, 9.17) is 0 Å². The number of hydrogen-bond acceptors (Lipinski definition) is 4. The van der Waals surface area contributed by atoms with Crippen LogP contribution in [0, 0.1) is 19.8 Å². The number of hydrazone groups is 1. The number of hydrogen-bond donors (Lipinski definition) is 1. The van der Waals surface area contributed by atoms with Crippen molar-refractivity contribution >= 4 is 12.2 Å². The number of nitrogens with zero attached hydrogens (tertiary/aromatic N) is 3. The molecule has 0 fully saturated rings. The highest BCUT2D eigenvalue weighted by Gasteiger charge is 1.99. The van der Waals surface area contributed by atoms with Crippen molar-refractivity contribution in [3.8, 4) is 0 Å². The van der Waals surface area contributed by atoms with Gasteiger partial charge in [0, 0.05) is 17.6 Å². The lowest BCUT2D eigenvalue weighted by molar-refractivity contribution is 0.654. The minimum atomic E-state index is 0.526. The molecule has 0 amide bonds. The van der Waals surface area contributed by atoms with Crippen molar-refractivity contribution in [2.45, 2.75) is 40.5 Å². The molecule has 0 spiro atoms. The number of aryl methyl sites for hydroxylation is 2. The Bertz CT molecular complexity index is 336. The fraction of sp³-hybridized carbons (Fsp3) is 0.583. The van der Waals surface area contributed by atoms with Crippen molar-refractivity contribution in [2.24, 2.45) is 11.0 Å². The van der Waals surface area contributed by atoms with Crippen LogP contribution in [-0.2, 0) is 0 Å². The maximum absolute atomic E-state index is 4.25. The molecule has 0 bridgehead atoms. The molecule has 0 aliphatic rings. The Kier molecular flexibility index (Phi) is 4.89. The second kappa shape index (κ2) is 6.20. The molecule has 88 valence electrons. The summed E-state index contributed by atoms with van der Waals surface area (Å²) in [5.41, 5.74) is 4.78. The average Bonchev–Trinajstić information content (AvgIpc) is 2.23. The summed E-state index contributed by atoms with van der Waals surface area (Å²) in [5, 5.41) is 4.17. The van der Waals surface area contributed by atoms with Crippen molar-refractivity contribution in [1.82, 2.24) is 9.97 Å². The fourth-order valence-corrected chi connectivity index (χ4v) is 1.48. The molecule has 0 saturated heterocycles. The third kappa shape index (κ3) is 3.96. The van der Waals surface area contributed by atoms with Gasteiger partial charge in [-0.3, -0.25) is 0 Å². The minimum Gasteiger partial charge on any atom is -0.245 e. The average molecular weight is 220 g/mol. The lowest BCUT2D eigenvalue weighted by Crippen LogP contribution is -2.03. The Labute approximate surface area is 97.2 Å². The van der Waals surface area contributed by atoms with E-state index in [1.54, 1.807) is 0 Å². The van der Waals surface area contributed by atoms with Crippen LogP contribution in [0.5, 0.6) is 0 Å². The van der Waals surface area contributed by atoms with Gasteiger partial charge < -0.3 is 0 Å². The van der Waals surface area contributed by atoms with E-state index in [9.17, 15) is 0 Å². The fourth-order valence-electron chi connectivity index (χ4n) is 1.48. The maximum Gasteiger partial charge on any atom is 0.243 e. The van der Waals surface area contributed by atoms with Crippen LogP contribution in [0.15, 0.2) is 11.2 Å². The van der Waals surface area contributed by atoms with Crippen molar-refractivity contribution in [3.05, 3.63) is 17.5 Å². The van der Waals surface area contributed by atoms with Gasteiger partial charge in [-0.25, -0.2) is 15.4 Å². The van der Waals surface area contributed by atoms with E-state index in [1.165, 1.54) is 0 Å². The van der Waals surface area contributed by atoms with E-state index < -0.39 is 0 Å². The molecule has 4 nitrogen and oxygen atoms in total. The highest BCUT2D eigenvalue weighted by atomic mass is 15.3. The standard InChI is InChI=1S/C12H20N4/c1-5-11(6-2)8-13-16-12-14-9(3)7-10(4)15-12/h7-8,11H,5-6H2,1-4H3,(H,14,15,16)/b13-8+. The molecular weight excluding hydrogens is 200 g/mol. The minimum absolute atomic E-state index is 0.526. The predicted molar refractivity (Wildman–Crippen MR) is 67.7 cm³/mol. The summed E-state index contributed by atoms with van der Waals surface area (Å²) < 4.78 is 0. The smallest absolute Gasteiger partial charge is 0.243 e. The van der Waals surface area contributed by atoms with Crippen LogP contribution in [0.25, 0.3) is 0 Å². The van der Waals surface area contributed by atoms with Gasteiger partial charge in [0.1, 0.15) is 0 Å². The first-order valence-electron chi connectivity index (χ1n) is 5.77. The SMILES string of the molecule is CCC(/C=N/Nc1nc(C)cc(C)n1)CC. The molecule has 0 aliphatic heterocycles. The summed E-state index contributed by atoms with van der Waals surface area (Å²) in [4.78, 5) is 8.49. The normalized spacial score (nSPS) is 11.3. The van der Waals surface area contributed by atoms with Gasteiger partial charge in [-0.1, -0.05) is 13.8 Å². The van der Waals surface area contributed by atoms with Crippen LogP contribution in [-0.4, -0.2) is 16.2 Å². The van der Waals surface area contributed by atoms with Gasteiger partial charge >= 0.3 is 0 Å². The van der Waals surface area contributed by atoms with E-state index in [-0.39, 0.29) is 0 Å². The van der Waals surface area contributed by atoms with Crippen LogP contribution < -0.4 is 5.43 Å². The molecule has 0 unspecified atom stereocenters. The lowest BCUT2D eigenvalue weighted by Gasteiger charge is -2.05. The molecule has 16 heavy (non-hydrogen) atoms. The summed E-state index contributed by atoms with van der Waals surface area (Å²) in [6.07, 6.45) is 4.14. The van der Waals surface area contributed by atoms with Crippen molar-refractivity contribution in [2.75, 3.05) is 5.43 Å². The van der Waals surface area contributed by atoms with Gasteiger partial charge in [0.05, 0.1) is 0 Å². The molecule has 0 radical (unpaired) electrons. The molecule has 0 aliphatic carbocycles. The number of nitrogens with one attached hydrogen (secondary N) is 1. The predicted octanol–water partition coefficient (Wildman–Crippen LogP) is 2.93. The second-order valence-electron chi connectivity index (χ2n) is 3.94. The summed E-state index contributed by atoms with van der Waals surface area (Å²) in [5.74, 6) is 1.10. The molecule has 1 aromatic rings. The molecule has 4 heteroatoms. The Balaban J connectivity index is 2.60. The van der Waals surface area contributed by atoms with E-state index in [2.05, 4.69) is 34.3 Å². The quantitative estimate of drug-likeness (QED) is 0.613. The highest BCUT2D eigenvalue weighted by Crippen LogP contribution is 2.05. The second-order valence-corrected chi connectivity index (χ2v) is 3.94. The zero-order valence-corrected chi connectivity index (χ0v) is 10.5. The Hall–Kier alpha value is -1.45. The first-order chi connectivity index (χ1) is 7.65. The topological polar surface area (TPSA) is 50.2 Å². The van der Waals surface area contributed by atoms with E-state index in [0.29, 0.717) is 11.9 Å². The van der Waals surface area contributed by atoms with Crippen LogP contribution >= 0.6 is 0 Å². The Morgan fingerprint density at radius 3 is 2.31 bits per heavy atom. The molecule has 1 heterocycles. The highest BCUT2D eigenvalue weighted by molar-refractivity contribution is 5.61. The number of anilines is 1. The van der Waals surface area contributed by atoms with Gasteiger partial charge in [0.2, 0.25) is 5.95 Å². The van der Waals surface area contributed by atoms with Gasteiger partial charge in [-0.15, -0.1) is 0 Å². The zero-order valence-electron chi connectivity index (χ0n) is 10.5. The van der Waals surface area contributed by atoms with Crippen LogP contribution in [0.2, 0.25) is 0 Å². The van der Waals surface area contributed by atoms with Crippen molar-refractivity contribution in [3.63, 3.8) is 0 Å². The lowest BCUT2D eigenvalue weighted by atomic mass is 10.1. The van der Waals surface area contributed by atoms with Gasteiger partial charge in [-0.2, -0.15) is 5.10 Å². The molecule has 0 aromatic carbocycles. The number of rotatable bonds is 5. The first-order valence-corrected chi connectivity index (χ1v) is 5.77.